The Labute approximate surface area is 160 Å². The number of nitro groups is 1. The van der Waals surface area contributed by atoms with Crippen molar-refractivity contribution in [3.8, 4) is 17.2 Å². The minimum Gasteiger partial charge on any atom is -0.497 e. The third-order valence-corrected chi connectivity index (χ3v) is 3.98. The number of nitro benzene ring substituents is 1. The van der Waals surface area contributed by atoms with Gasteiger partial charge in [-0.25, -0.2) is 9.79 Å². The van der Waals surface area contributed by atoms with Crippen molar-refractivity contribution in [2.75, 3.05) is 21.3 Å². The Balaban J connectivity index is 2.03. The molecule has 0 aromatic heterocycles. The first kappa shape index (κ1) is 18.9. The Morgan fingerprint density at radius 2 is 1.68 bits per heavy atom. The number of cyclic esters (lactones) is 1. The first-order chi connectivity index (χ1) is 13.5. The Bertz CT molecular complexity index is 994. The Morgan fingerprint density at radius 3 is 2.25 bits per heavy atom. The monoisotopic (exact) mass is 384 g/mol. The zero-order valence-corrected chi connectivity index (χ0v) is 15.3. The molecular formula is C19H16N2O7. The molecule has 1 aliphatic rings. The van der Waals surface area contributed by atoms with Crippen LogP contribution < -0.4 is 14.2 Å². The number of carbonyl (C=O) groups is 1. The van der Waals surface area contributed by atoms with Crippen LogP contribution in [0, 0.1) is 10.1 Å². The Hall–Kier alpha value is -3.88. The summed E-state index contributed by atoms with van der Waals surface area (Å²) in [5, 5.41) is 11.4. The topological polar surface area (TPSA) is 109 Å². The molecular weight excluding hydrogens is 368 g/mol. The number of ether oxygens (including phenoxy) is 4. The van der Waals surface area contributed by atoms with Crippen LogP contribution in [0.1, 0.15) is 11.1 Å². The van der Waals surface area contributed by atoms with E-state index in [4.69, 9.17) is 18.9 Å². The van der Waals surface area contributed by atoms with Gasteiger partial charge in [0.15, 0.2) is 17.2 Å². The van der Waals surface area contributed by atoms with Crippen LogP contribution in [0.4, 0.5) is 5.69 Å². The highest BCUT2D eigenvalue weighted by Crippen LogP contribution is 2.36. The molecule has 0 fully saturated rings. The van der Waals surface area contributed by atoms with Gasteiger partial charge in [-0.05, 0) is 36.4 Å². The molecule has 0 saturated carbocycles. The number of benzene rings is 2. The molecule has 9 heteroatoms. The fraction of sp³-hybridized carbons (Fsp3) is 0.158. The van der Waals surface area contributed by atoms with Crippen molar-refractivity contribution in [3.63, 3.8) is 0 Å². The molecule has 0 unspecified atom stereocenters. The fourth-order valence-electron chi connectivity index (χ4n) is 2.57. The lowest BCUT2D eigenvalue weighted by Crippen LogP contribution is -2.05. The molecule has 3 rings (SSSR count). The summed E-state index contributed by atoms with van der Waals surface area (Å²) in [5.74, 6) is 0.515. The van der Waals surface area contributed by atoms with E-state index in [0.29, 0.717) is 11.3 Å². The van der Waals surface area contributed by atoms with E-state index in [2.05, 4.69) is 4.99 Å². The number of hydrogen-bond acceptors (Lipinski definition) is 8. The molecule has 9 nitrogen and oxygen atoms in total. The van der Waals surface area contributed by atoms with Crippen LogP contribution in [0.2, 0.25) is 0 Å². The molecule has 0 amide bonds. The van der Waals surface area contributed by atoms with Crippen molar-refractivity contribution in [1.82, 2.24) is 0 Å². The van der Waals surface area contributed by atoms with Crippen LogP contribution in [0.15, 0.2) is 47.1 Å². The number of esters is 1. The predicted octanol–water partition coefficient (Wildman–Crippen LogP) is 2.97. The van der Waals surface area contributed by atoms with E-state index in [1.54, 1.807) is 31.4 Å². The van der Waals surface area contributed by atoms with Crippen molar-refractivity contribution in [1.29, 1.82) is 0 Å². The summed E-state index contributed by atoms with van der Waals surface area (Å²) in [5.41, 5.74) is 0.376. The van der Waals surface area contributed by atoms with E-state index in [-0.39, 0.29) is 34.3 Å². The number of rotatable bonds is 6. The number of carbonyl (C=O) groups excluding carboxylic acids is 1. The lowest BCUT2D eigenvalue weighted by molar-refractivity contribution is -0.385. The SMILES string of the molecule is COc1ccc(C2=N/C(=C/c3cc(OC)c(OC)cc3[N+](=O)[O-])C(=O)O2)cc1. The molecule has 1 heterocycles. The van der Waals surface area contributed by atoms with E-state index < -0.39 is 10.9 Å². The van der Waals surface area contributed by atoms with E-state index in [0.717, 1.165) is 0 Å². The third-order valence-electron chi connectivity index (χ3n) is 3.98. The van der Waals surface area contributed by atoms with Gasteiger partial charge in [-0.3, -0.25) is 10.1 Å². The van der Waals surface area contributed by atoms with Gasteiger partial charge in [0.25, 0.3) is 5.69 Å². The highest BCUT2D eigenvalue weighted by Gasteiger charge is 2.26. The van der Waals surface area contributed by atoms with Crippen LogP contribution in [-0.2, 0) is 9.53 Å². The Morgan fingerprint density at radius 1 is 1.04 bits per heavy atom. The molecule has 2 aromatic carbocycles. The van der Waals surface area contributed by atoms with Crippen molar-refractivity contribution < 1.29 is 28.7 Å². The summed E-state index contributed by atoms with van der Waals surface area (Å²) in [4.78, 5) is 27.2. The maximum absolute atomic E-state index is 12.2. The molecule has 144 valence electrons. The Kier molecular flexibility index (Phi) is 5.25. The number of nitrogens with zero attached hydrogens (tertiary/aromatic N) is 2. The summed E-state index contributed by atoms with van der Waals surface area (Å²) in [6.45, 7) is 0. The largest absolute Gasteiger partial charge is 0.497 e. The lowest BCUT2D eigenvalue weighted by Gasteiger charge is -2.08. The third kappa shape index (κ3) is 3.63. The molecule has 0 N–H and O–H groups in total. The lowest BCUT2D eigenvalue weighted by atomic mass is 10.1. The van der Waals surface area contributed by atoms with Crippen LogP contribution in [0.25, 0.3) is 6.08 Å². The van der Waals surface area contributed by atoms with Gasteiger partial charge >= 0.3 is 5.97 Å². The minimum atomic E-state index is -0.713. The van der Waals surface area contributed by atoms with Crippen LogP contribution >= 0.6 is 0 Å². The molecule has 2 aromatic rings. The van der Waals surface area contributed by atoms with Crippen LogP contribution in [0.5, 0.6) is 17.2 Å². The summed E-state index contributed by atoms with van der Waals surface area (Å²) >= 11 is 0. The average molecular weight is 384 g/mol. The van der Waals surface area contributed by atoms with E-state index in [9.17, 15) is 14.9 Å². The highest BCUT2D eigenvalue weighted by molar-refractivity contribution is 6.13. The van der Waals surface area contributed by atoms with Crippen molar-refractivity contribution >= 4 is 23.6 Å². The molecule has 0 spiro atoms. The molecule has 0 bridgehead atoms. The summed E-state index contributed by atoms with van der Waals surface area (Å²) in [6, 6.07) is 9.40. The number of aliphatic imine (C=N–C) groups is 1. The molecule has 0 aliphatic carbocycles. The number of hydrogen-bond donors (Lipinski definition) is 0. The van der Waals surface area contributed by atoms with Crippen LogP contribution in [-0.4, -0.2) is 38.1 Å². The fourth-order valence-corrected chi connectivity index (χ4v) is 2.57. The van der Waals surface area contributed by atoms with Gasteiger partial charge in [0.1, 0.15) is 5.75 Å². The first-order valence-corrected chi connectivity index (χ1v) is 8.04. The van der Waals surface area contributed by atoms with Gasteiger partial charge in [0.05, 0.1) is 37.9 Å². The maximum atomic E-state index is 12.2. The standard InChI is InChI=1S/C19H16N2O7/c1-25-13-6-4-11(5-7-13)18-20-14(19(22)28-18)8-12-9-16(26-2)17(27-3)10-15(12)21(23)24/h4-10H,1-3H3/b14-8+. The van der Waals surface area contributed by atoms with Gasteiger partial charge in [-0.15, -0.1) is 0 Å². The van der Waals surface area contributed by atoms with Crippen molar-refractivity contribution in [3.05, 3.63) is 63.3 Å². The summed E-state index contributed by atoms with van der Waals surface area (Å²) in [7, 11) is 4.32. The predicted molar refractivity (Wildman–Crippen MR) is 99.8 cm³/mol. The van der Waals surface area contributed by atoms with Gasteiger partial charge in [-0.2, -0.15) is 0 Å². The molecule has 0 radical (unpaired) electrons. The normalized spacial score (nSPS) is 14.5. The van der Waals surface area contributed by atoms with Crippen molar-refractivity contribution in [2.45, 2.75) is 0 Å². The highest BCUT2D eigenvalue weighted by atomic mass is 16.6. The summed E-state index contributed by atoms with van der Waals surface area (Å²) in [6.07, 6.45) is 1.28. The van der Waals surface area contributed by atoms with Crippen molar-refractivity contribution in [2.24, 2.45) is 4.99 Å². The van der Waals surface area contributed by atoms with Gasteiger partial charge in [0, 0.05) is 5.56 Å². The number of methoxy groups -OCH3 is 3. The van der Waals surface area contributed by atoms with Crippen LogP contribution in [0.3, 0.4) is 0 Å². The summed E-state index contributed by atoms with van der Waals surface area (Å²) < 4.78 is 20.5. The first-order valence-electron chi connectivity index (χ1n) is 8.04. The minimum absolute atomic E-state index is 0.0684. The van der Waals surface area contributed by atoms with Gasteiger partial charge < -0.3 is 18.9 Å². The average Bonchev–Trinajstić information content (AvgIpc) is 3.07. The van der Waals surface area contributed by atoms with Gasteiger partial charge in [-0.1, -0.05) is 0 Å². The molecule has 0 atom stereocenters. The van der Waals surface area contributed by atoms with E-state index >= 15 is 0 Å². The van der Waals surface area contributed by atoms with E-state index in [1.165, 1.54) is 32.4 Å². The second-order valence-corrected chi connectivity index (χ2v) is 5.59. The smallest absolute Gasteiger partial charge is 0.363 e. The molecule has 0 saturated heterocycles. The zero-order chi connectivity index (χ0) is 20.3. The maximum Gasteiger partial charge on any atom is 0.363 e. The molecule has 1 aliphatic heterocycles. The second-order valence-electron chi connectivity index (χ2n) is 5.59. The second kappa shape index (κ2) is 7.78. The molecule has 28 heavy (non-hydrogen) atoms. The van der Waals surface area contributed by atoms with Gasteiger partial charge in [0.2, 0.25) is 5.90 Å². The zero-order valence-electron chi connectivity index (χ0n) is 15.3. The van der Waals surface area contributed by atoms with E-state index in [1.807, 2.05) is 0 Å². The quantitative estimate of drug-likeness (QED) is 0.326.